The molecule has 1 saturated heterocycles. The third-order valence-electron chi connectivity index (χ3n) is 2.34. The molecule has 1 N–H and O–H groups in total. The van der Waals surface area contributed by atoms with Crippen LogP contribution >= 0.6 is 0 Å². The van der Waals surface area contributed by atoms with Crippen LogP contribution in [0.15, 0.2) is 25.3 Å². The van der Waals surface area contributed by atoms with E-state index in [2.05, 4.69) is 13.2 Å². The number of allylic oxidation sites excluding steroid dienone is 1. The molecule has 2 atom stereocenters. The van der Waals surface area contributed by atoms with Gasteiger partial charge in [-0.3, -0.25) is 0 Å². The summed E-state index contributed by atoms with van der Waals surface area (Å²) in [7, 11) is 0. The minimum Gasteiger partial charge on any atom is -0.365 e. The molecule has 2 nitrogen and oxygen atoms in total. The molecule has 1 fully saturated rings. The van der Waals surface area contributed by atoms with Gasteiger partial charge in [0.25, 0.3) is 0 Å². The summed E-state index contributed by atoms with van der Waals surface area (Å²) in [6, 6.07) is 0. The molecule has 1 aliphatic heterocycles. The van der Waals surface area contributed by atoms with Crippen molar-refractivity contribution in [2.24, 2.45) is 5.92 Å². The van der Waals surface area contributed by atoms with Crippen LogP contribution in [-0.2, 0) is 4.74 Å². The van der Waals surface area contributed by atoms with Gasteiger partial charge in [0, 0.05) is 12.3 Å². The van der Waals surface area contributed by atoms with E-state index in [1.54, 1.807) is 6.08 Å². The standard InChI is InChI=1S/C10H16O2/c1-3-5-9-6-8-12-10(9,11)7-4-2/h3-4,9,11H,1-2,5-8H2. The quantitative estimate of drug-likeness (QED) is 0.649. The number of rotatable bonds is 4. The monoisotopic (exact) mass is 168 g/mol. The molecule has 1 heterocycles. The van der Waals surface area contributed by atoms with E-state index >= 15 is 0 Å². The second-order valence-corrected chi connectivity index (χ2v) is 3.20. The maximum Gasteiger partial charge on any atom is 0.172 e. The first-order chi connectivity index (χ1) is 5.73. The summed E-state index contributed by atoms with van der Waals surface area (Å²) in [6.45, 7) is 7.90. The molecule has 1 rings (SSSR count). The molecule has 0 spiro atoms. The minimum atomic E-state index is -0.976. The van der Waals surface area contributed by atoms with Gasteiger partial charge in [-0.25, -0.2) is 0 Å². The van der Waals surface area contributed by atoms with Gasteiger partial charge in [-0.1, -0.05) is 12.2 Å². The van der Waals surface area contributed by atoms with Gasteiger partial charge in [0.15, 0.2) is 5.79 Å². The highest BCUT2D eigenvalue weighted by Crippen LogP contribution is 2.35. The molecular weight excluding hydrogens is 152 g/mol. The lowest BCUT2D eigenvalue weighted by atomic mass is 9.92. The van der Waals surface area contributed by atoms with E-state index in [1.165, 1.54) is 0 Å². The van der Waals surface area contributed by atoms with Gasteiger partial charge >= 0.3 is 0 Å². The Morgan fingerprint density at radius 1 is 1.50 bits per heavy atom. The molecule has 0 aromatic carbocycles. The highest BCUT2D eigenvalue weighted by atomic mass is 16.6. The van der Waals surface area contributed by atoms with Crippen LogP contribution in [0.25, 0.3) is 0 Å². The predicted molar refractivity (Wildman–Crippen MR) is 48.6 cm³/mol. The zero-order valence-corrected chi connectivity index (χ0v) is 7.33. The molecule has 0 amide bonds. The lowest BCUT2D eigenvalue weighted by Gasteiger charge is -2.26. The predicted octanol–water partition coefficient (Wildman–Crippen LogP) is 1.86. The molecule has 0 saturated carbocycles. The molecule has 0 aliphatic carbocycles. The summed E-state index contributed by atoms with van der Waals surface area (Å²) in [5, 5.41) is 9.94. The molecule has 0 aromatic rings. The SMILES string of the molecule is C=CCC1CCOC1(O)CC=C. The van der Waals surface area contributed by atoms with Crippen molar-refractivity contribution >= 4 is 0 Å². The number of hydrogen-bond acceptors (Lipinski definition) is 2. The van der Waals surface area contributed by atoms with Crippen molar-refractivity contribution in [2.45, 2.75) is 25.0 Å². The molecular formula is C10H16O2. The number of hydrogen-bond donors (Lipinski definition) is 1. The van der Waals surface area contributed by atoms with Crippen molar-refractivity contribution in [1.29, 1.82) is 0 Å². The fourth-order valence-corrected chi connectivity index (χ4v) is 1.66. The Morgan fingerprint density at radius 2 is 2.25 bits per heavy atom. The van der Waals surface area contributed by atoms with Crippen LogP contribution in [0.3, 0.4) is 0 Å². The summed E-state index contributed by atoms with van der Waals surface area (Å²) in [5.41, 5.74) is 0. The van der Waals surface area contributed by atoms with Gasteiger partial charge < -0.3 is 9.84 Å². The average molecular weight is 168 g/mol. The Morgan fingerprint density at radius 3 is 2.83 bits per heavy atom. The second-order valence-electron chi connectivity index (χ2n) is 3.20. The number of aliphatic hydroxyl groups is 1. The summed E-state index contributed by atoms with van der Waals surface area (Å²) < 4.78 is 5.28. The first-order valence-electron chi connectivity index (χ1n) is 4.31. The van der Waals surface area contributed by atoms with Crippen molar-refractivity contribution in [2.75, 3.05) is 6.61 Å². The van der Waals surface area contributed by atoms with E-state index in [0.717, 1.165) is 12.8 Å². The summed E-state index contributed by atoms with van der Waals surface area (Å²) in [4.78, 5) is 0. The molecule has 1 aliphatic rings. The zero-order valence-electron chi connectivity index (χ0n) is 7.33. The highest BCUT2D eigenvalue weighted by Gasteiger charge is 2.40. The van der Waals surface area contributed by atoms with E-state index in [0.29, 0.717) is 13.0 Å². The molecule has 68 valence electrons. The van der Waals surface area contributed by atoms with Crippen LogP contribution in [0.4, 0.5) is 0 Å². The van der Waals surface area contributed by atoms with E-state index in [4.69, 9.17) is 4.74 Å². The van der Waals surface area contributed by atoms with Gasteiger partial charge in [0.05, 0.1) is 6.61 Å². The molecule has 2 unspecified atom stereocenters. The molecule has 0 bridgehead atoms. The van der Waals surface area contributed by atoms with Crippen LogP contribution in [0.1, 0.15) is 19.3 Å². The minimum absolute atomic E-state index is 0.188. The summed E-state index contributed by atoms with van der Waals surface area (Å²) in [6.07, 6.45) is 5.75. The third-order valence-corrected chi connectivity index (χ3v) is 2.34. The average Bonchev–Trinajstić information content (AvgIpc) is 2.35. The van der Waals surface area contributed by atoms with Crippen LogP contribution in [0.5, 0.6) is 0 Å². The van der Waals surface area contributed by atoms with Crippen LogP contribution in [0, 0.1) is 5.92 Å². The molecule has 12 heavy (non-hydrogen) atoms. The Balaban J connectivity index is 2.59. The van der Waals surface area contributed by atoms with Gasteiger partial charge in [0.2, 0.25) is 0 Å². The van der Waals surface area contributed by atoms with Crippen molar-refractivity contribution < 1.29 is 9.84 Å². The smallest absolute Gasteiger partial charge is 0.172 e. The topological polar surface area (TPSA) is 29.5 Å². The summed E-state index contributed by atoms with van der Waals surface area (Å²) in [5.74, 6) is -0.788. The van der Waals surface area contributed by atoms with E-state index < -0.39 is 5.79 Å². The normalized spacial score (nSPS) is 34.9. The van der Waals surface area contributed by atoms with Crippen LogP contribution < -0.4 is 0 Å². The lowest BCUT2D eigenvalue weighted by molar-refractivity contribution is -0.190. The highest BCUT2D eigenvalue weighted by molar-refractivity contribution is 4.91. The van der Waals surface area contributed by atoms with Gasteiger partial charge in [0.1, 0.15) is 0 Å². The molecule has 2 heteroatoms. The maximum absolute atomic E-state index is 9.94. The van der Waals surface area contributed by atoms with Crippen molar-refractivity contribution in [3.63, 3.8) is 0 Å². The second kappa shape index (κ2) is 3.87. The Bertz CT molecular complexity index is 177. The first kappa shape index (κ1) is 9.49. The lowest BCUT2D eigenvalue weighted by Crippen LogP contribution is -2.34. The maximum atomic E-state index is 9.94. The Hall–Kier alpha value is -0.600. The van der Waals surface area contributed by atoms with Crippen LogP contribution in [-0.4, -0.2) is 17.5 Å². The van der Waals surface area contributed by atoms with Gasteiger partial charge in [-0.05, 0) is 12.8 Å². The fraction of sp³-hybridized carbons (Fsp3) is 0.600. The molecule has 0 radical (unpaired) electrons. The van der Waals surface area contributed by atoms with Gasteiger partial charge in [-0.2, -0.15) is 0 Å². The largest absolute Gasteiger partial charge is 0.365 e. The van der Waals surface area contributed by atoms with Crippen molar-refractivity contribution in [3.8, 4) is 0 Å². The summed E-state index contributed by atoms with van der Waals surface area (Å²) >= 11 is 0. The van der Waals surface area contributed by atoms with E-state index in [-0.39, 0.29) is 5.92 Å². The van der Waals surface area contributed by atoms with Crippen molar-refractivity contribution in [1.82, 2.24) is 0 Å². The first-order valence-corrected chi connectivity index (χ1v) is 4.31. The number of ether oxygens (including phenoxy) is 1. The van der Waals surface area contributed by atoms with Crippen molar-refractivity contribution in [3.05, 3.63) is 25.3 Å². The third kappa shape index (κ3) is 1.76. The van der Waals surface area contributed by atoms with E-state index in [9.17, 15) is 5.11 Å². The van der Waals surface area contributed by atoms with Gasteiger partial charge in [-0.15, -0.1) is 13.2 Å². The zero-order chi connectivity index (χ0) is 9.03. The van der Waals surface area contributed by atoms with E-state index in [1.807, 2.05) is 6.08 Å². The van der Waals surface area contributed by atoms with Crippen LogP contribution in [0.2, 0.25) is 0 Å². The Kier molecular flexibility index (Phi) is 3.06. The fourth-order valence-electron chi connectivity index (χ4n) is 1.66. The molecule has 0 aromatic heterocycles. The Labute approximate surface area is 73.5 Å².